The normalized spacial score (nSPS) is 16.6. The Morgan fingerprint density at radius 2 is 1.87 bits per heavy atom. The molecule has 3 fully saturated rings. The van der Waals surface area contributed by atoms with Crippen molar-refractivity contribution in [2.24, 2.45) is 0 Å². The lowest BCUT2D eigenvalue weighted by Gasteiger charge is -2.38. The maximum atomic E-state index is 14.1. The molecule has 53 heavy (non-hydrogen) atoms. The van der Waals surface area contributed by atoms with E-state index in [1.165, 1.54) is 18.3 Å². The van der Waals surface area contributed by atoms with Gasteiger partial charge in [-0.1, -0.05) is 29.5 Å². The summed E-state index contributed by atoms with van der Waals surface area (Å²) in [4.78, 5) is 48.7. The van der Waals surface area contributed by atoms with Crippen LogP contribution in [-0.2, 0) is 4.79 Å². The van der Waals surface area contributed by atoms with Crippen molar-refractivity contribution < 1.29 is 23.8 Å². The summed E-state index contributed by atoms with van der Waals surface area (Å²) >= 11 is 1.10. The highest BCUT2D eigenvalue weighted by Gasteiger charge is 2.45. The number of aliphatic hydroxyl groups is 1. The van der Waals surface area contributed by atoms with Crippen molar-refractivity contribution in [3.8, 4) is 17.0 Å². The quantitative estimate of drug-likeness (QED) is 0.151. The molecule has 3 aliphatic rings. The van der Waals surface area contributed by atoms with Gasteiger partial charge in [-0.3, -0.25) is 9.59 Å². The van der Waals surface area contributed by atoms with Gasteiger partial charge < -0.3 is 40.1 Å². The van der Waals surface area contributed by atoms with Gasteiger partial charge in [0.05, 0.1) is 36.0 Å². The van der Waals surface area contributed by atoms with E-state index in [1.54, 1.807) is 25.3 Å². The molecule has 4 heterocycles. The number of hydrogen-bond donors (Lipinski definition) is 3. The summed E-state index contributed by atoms with van der Waals surface area (Å²) in [6.07, 6.45) is 10.4. The molecule has 0 radical (unpaired) electrons. The second-order valence-corrected chi connectivity index (χ2v) is 15.0. The zero-order valence-corrected chi connectivity index (χ0v) is 30.9. The monoisotopic (exact) mass is 741 g/mol. The second kappa shape index (κ2) is 15.5. The van der Waals surface area contributed by atoms with E-state index in [1.807, 2.05) is 48.3 Å². The summed E-state index contributed by atoms with van der Waals surface area (Å²) < 4.78 is 19.7. The molecule has 7 rings (SSSR count). The van der Waals surface area contributed by atoms with Gasteiger partial charge in [0, 0.05) is 63.1 Å². The third-order valence-corrected chi connectivity index (χ3v) is 10.4. The van der Waals surface area contributed by atoms with Crippen LogP contribution < -0.4 is 25.2 Å². The number of pyridine rings is 2. The van der Waals surface area contributed by atoms with Crippen molar-refractivity contribution in [2.75, 3.05) is 80.9 Å². The number of nitrogens with zero attached hydrogens (tertiary/aromatic N) is 7. The summed E-state index contributed by atoms with van der Waals surface area (Å²) in [5, 5.41) is 17.3. The molecular weight excluding hydrogens is 698 g/mol. The molecule has 2 aliphatic carbocycles. The zero-order chi connectivity index (χ0) is 37.1. The van der Waals surface area contributed by atoms with Crippen LogP contribution in [0.5, 0.6) is 5.75 Å². The predicted octanol–water partition coefficient (Wildman–Crippen LogP) is 5.00. The highest BCUT2D eigenvalue weighted by Crippen LogP contribution is 2.44. The van der Waals surface area contributed by atoms with Crippen LogP contribution in [0.4, 0.5) is 32.5 Å². The molecule has 2 amide bonds. The van der Waals surface area contributed by atoms with Crippen LogP contribution in [0, 0.1) is 5.82 Å². The Bertz CT molecular complexity index is 1990. The molecule has 3 aromatic heterocycles. The number of para-hydroxylation sites is 1. The lowest BCUT2D eigenvalue weighted by Crippen LogP contribution is -2.49. The highest BCUT2D eigenvalue weighted by atomic mass is 32.1. The van der Waals surface area contributed by atoms with E-state index in [0.717, 1.165) is 54.1 Å². The Kier molecular flexibility index (Phi) is 10.6. The molecule has 0 spiro atoms. The van der Waals surface area contributed by atoms with Gasteiger partial charge in [0.25, 0.3) is 5.91 Å². The van der Waals surface area contributed by atoms with Crippen LogP contribution in [0.15, 0.2) is 67.0 Å². The molecule has 0 bridgehead atoms. The summed E-state index contributed by atoms with van der Waals surface area (Å²) in [6.45, 7) is 3.68. The van der Waals surface area contributed by atoms with Crippen LogP contribution in [0.2, 0.25) is 0 Å². The molecule has 0 atom stereocenters. The number of nitrogens with one attached hydrogen (secondary N) is 2. The maximum absolute atomic E-state index is 14.1. The van der Waals surface area contributed by atoms with Crippen LogP contribution in [0.3, 0.4) is 0 Å². The average molecular weight is 742 g/mol. The van der Waals surface area contributed by atoms with E-state index in [-0.39, 0.29) is 11.6 Å². The first-order valence-electron chi connectivity index (χ1n) is 17.8. The maximum Gasteiger partial charge on any atom is 0.267 e. The largest absolute Gasteiger partial charge is 0.493 e. The lowest BCUT2D eigenvalue weighted by atomic mass is 10.1. The molecule has 1 saturated heterocycles. The number of rotatable bonds is 14. The van der Waals surface area contributed by atoms with Gasteiger partial charge in [0.2, 0.25) is 5.91 Å². The molecule has 278 valence electrons. The summed E-state index contributed by atoms with van der Waals surface area (Å²) in [5.41, 5.74) is 1.75. The third-order valence-electron chi connectivity index (χ3n) is 9.51. The van der Waals surface area contributed by atoms with E-state index in [0.29, 0.717) is 72.6 Å². The first-order valence-corrected chi connectivity index (χ1v) is 18.6. The van der Waals surface area contributed by atoms with Gasteiger partial charge in [-0.05, 0) is 70.1 Å². The molecule has 2 saturated carbocycles. The average Bonchev–Trinajstić information content (AvgIpc) is 4.09. The molecule has 13 nitrogen and oxygen atoms in total. The van der Waals surface area contributed by atoms with E-state index in [9.17, 15) is 19.1 Å². The third kappa shape index (κ3) is 8.75. The number of ether oxygens (including phenoxy) is 1. The van der Waals surface area contributed by atoms with Crippen LogP contribution >= 0.6 is 11.3 Å². The van der Waals surface area contributed by atoms with Crippen molar-refractivity contribution in [1.82, 2.24) is 24.8 Å². The van der Waals surface area contributed by atoms with Gasteiger partial charge in [-0.25, -0.2) is 19.3 Å². The standard InChI is InChI=1S/C38H44FN9O4S/c1-45(2)16-6-9-33(49)46-17-19-47(20-18-46)35-30(48(26-10-11-26)24-38(51)14-15-38)21-25(22-40-35)28-12-13-31(52-3)34(42-28)44-37-41-23-32(53-37)36(50)43-29-8-5-4-7-27(29)39/h4-9,12-13,21-23,26,51H,10-11,14-20,24H2,1-3H3,(H,43,50)(H,41,42,44)/b9-6+. The first-order chi connectivity index (χ1) is 25.6. The highest BCUT2D eigenvalue weighted by molar-refractivity contribution is 7.17. The Hall–Kier alpha value is -5.12. The number of likely N-dealkylation sites (N-methyl/N-ethyl adjacent to an activating group) is 1. The lowest BCUT2D eigenvalue weighted by molar-refractivity contribution is -0.126. The van der Waals surface area contributed by atoms with Gasteiger partial charge in [0.1, 0.15) is 10.7 Å². The number of hydrogen-bond acceptors (Lipinski definition) is 12. The van der Waals surface area contributed by atoms with Crippen molar-refractivity contribution >= 4 is 51.3 Å². The molecule has 3 N–H and O–H groups in total. The molecule has 1 aliphatic heterocycles. The molecule has 0 unspecified atom stereocenters. The fourth-order valence-corrected chi connectivity index (χ4v) is 6.92. The van der Waals surface area contributed by atoms with Gasteiger partial charge >= 0.3 is 0 Å². The van der Waals surface area contributed by atoms with Gasteiger partial charge in [-0.15, -0.1) is 0 Å². The smallest absolute Gasteiger partial charge is 0.267 e. The van der Waals surface area contributed by atoms with E-state index >= 15 is 0 Å². The van der Waals surface area contributed by atoms with Crippen LogP contribution in [0.1, 0.15) is 35.4 Å². The summed E-state index contributed by atoms with van der Waals surface area (Å²) in [7, 11) is 5.49. The Morgan fingerprint density at radius 1 is 1.09 bits per heavy atom. The van der Waals surface area contributed by atoms with Crippen LogP contribution in [-0.4, -0.2) is 114 Å². The number of methoxy groups -OCH3 is 1. The summed E-state index contributed by atoms with van der Waals surface area (Å²) in [6, 6.07) is 12.1. The van der Waals surface area contributed by atoms with Crippen LogP contribution in [0.25, 0.3) is 11.3 Å². The minimum atomic E-state index is -0.700. The Labute approximate surface area is 312 Å². The predicted molar refractivity (Wildman–Crippen MR) is 205 cm³/mol. The number of halogens is 1. The van der Waals surface area contributed by atoms with E-state index < -0.39 is 17.3 Å². The first kappa shape index (κ1) is 36.2. The van der Waals surface area contributed by atoms with Gasteiger partial charge in [-0.2, -0.15) is 0 Å². The van der Waals surface area contributed by atoms with Crippen molar-refractivity contribution in [1.29, 1.82) is 0 Å². The number of carbonyl (C=O) groups excluding carboxylic acids is 2. The number of benzene rings is 1. The number of thiazole rings is 1. The topological polar surface area (TPSA) is 139 Å². The molecule has 4 aromatic rings. The minimum absolute atomic E-state index is 0.0143. The van der Waals surface area contributed by atoms with Crippen molar-refractivity contribution in [2.45, 2.75) is 37.3 Å². The molecular formula is C38H44FN9O4S. The minimum Gasteiger partial charge on any atom is -0.493 e. The fourth-order valence-electron chi connectivity index (χ4n) is 6.21. The fraction of sp³-hybridized carbons (Fsp3) is 0.395. The molecule has 1 aromatic carbocycles. The molecule has 15 heteroatoms. The Morgan fingerprint density at radius 3 is 2.57 bits per heavy atom. The number of aromatic nitrogens is 3. The van der Waals surface area contributed by atoms with Gasteiger partial charge in [0.15, 0.2) is 22.5 Å². The number of carbonyl (C=O) groups is 2. The van der Waals surface area contributed by atoms with Crippen molar-refractivity contribution in [3.63, 3.8) is 0 Å². The zero-order valence-electron chi connectivity index (χ0n) is 30.1. The summed E-state index contributed by atoms with van der Waals surface area (Å²) in [5.74, 6) is 0.718. The van der Waals surface area contributed by atoms with E-state index in [2.05, 4.69) is 31.5 Å². The van der Waals surface area contributed by atoms with E-state index in [4.69, 9.17) is 14.7 Å². The Balaban J connectivity index is 1.13. The number of amides is 2. The SMILES string of the molecule is COc1ccc(-c2cnc(N3CCN(C(=O)/C=C/CN(C)C)CC3)c(N(CC3(O)CC3)C3CC3)c2)nc1Nc1ncc(C(=O)Nc2ccccc2F)s1. The number of anilines is 5. The van der Waals surface area contributed by atoms with Crippen molar-refractivity contribution in [3.05, 3.63) is 77.7 Å². The number of piperazine rings is 1. The second-order valence-electron chi connectivity index (χ2n) is 14.0.